The van der Waals surface area contributed by atoms with E-state index in [-0.39, 0.29) is 0 Å². The lowest BCUT2D eigenvalue weighted by molar-refractivity contribution is 1.17. The van der Waals surface area contributed by atoms with Crippen molar-refractivity contribution in [1.29, 1.82) is 0 Å². The fourth-order valence-corrected chi connectivity index (χ4v) is 9.59. The molecule has 2 heterocycles. The number of nitrogens with zero attached hydrogens (tertiary/aromatic N) is 2. The number of thiophene rings is 1. The van der Waals surface area contributed by atoms with Gasteiger partial charge in [0.15, 0.2) is 0 Å². The first kappa shape index (κ1) is 36.4. The second kappa shape index (κ2) is 15.8. The molecule has 9 aromatic carbocycles. The lowest BCUT2D eigenvalue weighted by Gasteiger charge is -2.26. The summed E-state index contributed by atoms with van der Waals surface area (Å²) in [5.41, 5.74) is 16.5. The Balaban J connectivity index is 0.932. The smallest absolute Gasteiger partial charge is 0.0541 e. The van der Waals surface area contributed by atoms with Gasteiger partial charge in [-0.15, -0.1) is 11.3 Å². The standard InChI is InChI=1S/C58H40N2S/c1-4-12-41(13-5-1)43-24-29-49(30-25-43)59(50-31-26-44(27-32-50)42-14-6-2-7-15-42)51-33-35-52(36-34-51)60-55-19-11-10-18-53(55)54-40-48(28-37-56(54)60)45-20-22-47(23-21-45)58-39-38-57(61-58)46-16-8-3-9-17-46/h1-40H. The van der Waals surface area contributed by atoms with Gasteiger partial charge in [-0.05, 0) is 123 Å². The van der Waals surface area contributed by atoms with Crippen LogP contribution in [0.25, 0.3) is 81.8 Å². The SMILES string of the molecule is c1ccc(-c2ccc(N(c3ccc(-c4ccccc4)cc3)c3ccc(-n4c5ccccc5c5cc(-c6ccc(-c7ccc(-c8ccccc8)s7)cc6)ccc54)cc3)cc2)cc1. The number of hydrogen-bond acceptors (Lipinski definition) is 2. The number of rotatable bonds is 9. The molecule has 0 saturated heterocycles. The molecule has 61 heavy (non-hydrogen) atoms. The topological polar surface area (TPSA) is 8.17 Å². The number of hydrogen-bond donors (Lipinski definition) is 0. The maximum absolute atomic E-state index is 2.40. The quantitative estimate of drug-likeness (QED) is 0.141. The molecule has 0 aliphatic rings. The van der Waals surface area contributed by atoms with E-state index < -0.39 is 0 Å². The summed E-state index contributed by atoms with van der Waals surface area (Å²) in [4.78, 5) is 4.91. The number of para-hydroxylation sites is 1. The van der Waals surface area contributed by atoms with Crippen molar-refractivity contribution in [3.8, 4) is 59.9 Å². The van der Waals surface area contributed by atoms with Crippen LogP contribution in [0.2, 0.25) is 0 Å². The first-order valence-electron chi connectivity index (χ1n) is 20.7. The molecule has 3 heteroatoms. The van der Waals surface area contributed by atoms with Crippen molar-refractivity contribution in [2.75, 3.05) is 4.90 Å². The molecule has 0 N–H and O–H groups in total. The summed E-state index contributed by atoms with van der Waals surface area (Å²) in [6.07, 6.45) is 0. The molecule has 0 aliphatic carbocycles. The van der Waals surface area contributed by atoms with Crippen LogP contribution in [0.4, 0.5) is 17.1 Å². The zero-order valence-electron chi connectivity index (χ0n) is 33.4. The van der Waals surface area contributed by atoms with Gasteiger partial charge in [-0.2, -0.15) is 0 Å². The first-order valence-corrected chi connectivity index (χ1v) is 21.6. The van der Waals surface area contributed by atoms with Gasteiger partial charge in [-0.25, -0.2) is 0 Å². The van der Waals surface area contributed by atoms with E-state index in [1.807, 2.05) is 11.3 Å². The summed E-state index contributed by atoms with van der Waals surface area (Å²) in [6, 6.07) is 87.7. The first-order chi connectivity index (χ1) is 30.2. The molecule has 0 atom stereocenters. The Morgan fingerprint density at radius 1 is 0.279 bits per heavy atom. The van der Waals surface area contributed by atoms with Gasteiger partial charge in [0.1, 0.15) is 0 Å². The van der Waals surface area contributed by atoms with Crippen molar-refractivity contribution in [3.63, 3.8) is 0 Å². The normalized spacial score (nSPS) is 11.3. The summed E-state index contributed by atoms with van der Waals surface area (Å²) < 4.78 is 2.40. The van der Waals surface area contributed by atoms with E-state index in [1.165, 1.54) is 76.1 Å². The molecule has 0 radical (unpaired) electrons. The molecule has 0 fully saturated rings. The second-order valence-electron chi connectivity index (χ2n) is 15.4. The molecular weight excluding hydrogens is 757 g/mol. The van der Waals surface area contributed by atoms with Crippen molar-refractivity contribution in [3.05, 3.63) is 243 Å². The lowest BCUT2D eigenvalue weighted by atomic mass is 10.0. The molecule has 0 amide bonds. The Labute approximate surface area is 360 Å². The van der Waals surface area contributed by atoms with E-state index in [2.05, 4.69) is 252 Å². The second-order valence-corrected chi connectivity index (χ2v) is 16.5. The monoisotopic (exact) mass is 796 g/mol. The predicted octanol–water partition coefficient (Wildman–Crippen LogP) is 16.6. The average Bonchev–Trinajstić information content (AvgIpc) is 3.97. The van der Waals surface area contributed by atoms with Gasteiger partial charge in [0.2, 0.25) is 0 Å². The fraction of sp³-hybridized carbons (Fsp3) is 0. The summed E-state index contributed by atoms with van der Waals surface area (Å²) >= 11 is 1.84. The number of anilines is 3. The van der Waals surface area contributed by atoms with Gasteiger partial charge in [0, 0.05) is 43.3 Å². The summed E-state index contributed by atoms with van der Waals surface area (Å²) in [7, 11) is 0. The fourth-order valence-electron chi connectivity index (χ4n) is 8.57. The number of aromatic nitrogens is 1. The molecule has 0 unspecified atom stereocenters. The van der Waals surface area contributed by atoms with Crippen LogP contribution in [0.5, 0.6) is 0 Å². The Morgan fingerprint density at radius 3 is 1.21 bits per heavy atom. The maximum Gasteiger partial charge on any atom is 0.0541 e. The molecular formula is C58H40N2S. The molecule has 11 aromatic rings. The highest BCUT2D eigenvalue weighted by Crippen LogP contribution is 2.40. The van der Waals surface area contributed by atoms with Crippen LogP contribution in [0, 0.1) is 0 Å². The third-order valence-electron chi connectivity index (χ3n) is 11.7. The van der Waals surface area contributed by atoms with E-state index in [9.17, 15) is 0 Å². The molecule has 0 aliphatic heterocycles. The molecule has 2 aromatic heterocycles. The van der Waals surface area contributed by atoms with E-state index >= 15 is 0 Å². The van der Waals surface area contributed by atoms with Crippen LogP contribution in [0.1, 0.15) is 0 Å². The number of fused-ring (bicyclic) bond motifs is 3. The summed E-state index contributed by atoms with van der Waals surface area (Å²) in [5, 5.41) is 2.48. The average molecular weight is 797 g/mol. The highest BCUT2D eigenvalue weighted by atomic mass is 32.1. The Kier molecular flexibility index (Phi) is 9.42. The van der Waals surface area contributed by atoms with Gasteiger partial charge >= 0.3 is 0 Å². The zero-order valence-corrected chi connectivity index (χ0v) is 34.2. The number of benzene rings is 9. The molecule has 0 spiro atoms. The van der Waals surface area contributed by atoms with Crippen LogP contribution in [0.3, 0.4) is 0 Å². The molecule has 2 nitrogen and oxygen atoms in total. The van der Waals surface area contributed by atoms with Crippen LogP contribution >= 0.6 is 11.3 Å². The molecule has 288 valence electrons. The van der Waals surface area contributed by atoms with Gasteiger partial charge in [0.25, 0.3) is 0 Å². The zero-order chi connectivity index (χ0) is 40.5. The van der Waals surface area contributed by atoms with Gasteiger partial charge < -0.3 is 9.47 Å². The van der Waals surface area contributed by atoms with E-state index in [4.69, 9.17) is 0 Å². The summed E-state index contributed by atoms with van der Waals surface area (Å²) in [6.45, 7) is 0. The minimum atomic E-state index is 1.09. The molecule has 11 rings (SSSR count). The van der Waals surface area contributed by atoms with E-state index in [0.717, 1.165) is 22.7 Å². The third kappa shape index (κ3) is 7.01. The minimum Gasteiger partial charge on any atom is -0.311 e. The van der Waals surface area contributed by atoms with Crippen molar-refractivity contribution in [1.82, 2.24) is 4.57 Å². The lowest BCUT2D eigenvalue weighted by Crippen LogP contribution is -2.10. The Bertz CT molecular complexity index is 3160. The largest absolute Gasteiger partial charge is 0.311 e. The maximum atomic E-state index is 2.40. The van der Waals surface area contributed by atoms with Crippen molar-refractivity contribution in [2.45, 2.75) is 0 Å². The van der Waals surface area contributed by atoms with Crippen molar-refractivity contribution < 1.29 is 0 Å². The highest BCUT2D eigenvalue weighted by Gasteiger charge is 2.17. The van der Waals surface area contributed by atoms with Crippen LogP contribution < -0.4 is 4.90 Å². The van der Waals surface area contributed by atoms with Gasteiger partial charge in [-0.1, -0.05) is 164 Å². The third-order valence-corrected chi connectivity index (χ3v) is 12.9. The van der Waals surface area contributed by atoms with Gasteiger partial charge in [-0.3, -0.25) is 0 Å². The summed E-state index contributed by atoms with van der Waals surface area (Å²) in [5.74, 6) is 0. The predicted molar refractivity (Wildman–Crippen MR) is 261 cm³/mol. The minimum absolute atomic E-state index is 1.09. The molecule has 0 bridgehead atoms. The van der Waals surface area contributed by atoms with E-state index in [1.54, 1.807) is 0 Å². The van der Waals surface area contributed by atoms with Crippen LogP contribution in [0.15, 0.2) is 243 Å². The van der Waals surface area contributed by atoms with Crippen molar-refractivity contribution >= 4 is 50.2 Å². The van der Waals surface area contributed by atoms with Crippen LogP contribution in [-0.2, 0) is 0 Å². The van der Waals surface area contributed by atoms with Crippen LogP contribution in [-0.4, -0.2) is 4.57 Å². The Morgan fingerprint density at radius 2 is 0.656 bits per heavy atom. The van der Waals surface area contributed by atoms with Crippen molar-refractivity contribution in [2.24, 2.45) is 0 Å². The Hall–Kier alpha value is -7.72. The highest BCUT2D eigenvalue weighted by molar-refractivity contribution is 7.18. The molecule has 0 saturated carbocycles. The van der Waals surface area contributed by atoms with E-state index in [0.29, 0.717) is 0 Å². The van der Waals surface area contributed by atoms with Gasteiger partial charge in [0.05, 0.1) is 11.0 Å².